The van der Waals surface area contributed by atoms with Gasteiger partial charge in [0, 0.05) is 19.4 Å². The van der Waals surface area contributed by atoms with Gasteiger partial charge in [-0.1, -0.05) is 30.3 Å². The molecule has 0 saturated heterocycles. The minimum atomic E-state index is -0.652. The largest absolute Gasteiger partial charge is 0.366 e. The van der Waals surface area contributed by atoms with E-state index in [0.717, 1.165) is 11.6 Å². The molecular weight excluding hydrogens is 311 g/mol. The van der Waals surface area contributed by atoms with Gasteiger partial charge in [-0.05, 0) is 17.7 Å². The summed E-state index contributed by atoms with van der Waals surface area (Å²) in [5.74, 6) is 0.0420. The number of rotatable bonds is 5. The van der Waals surface area contributed by atoms with E-state index < -0.39 is 16.8 Å². The minimum absolute atomic E-state index is 0.234. The molecule has 0 saturated carbocycles. The Morgan fingerprint density at radius 3 is 2.62 bits per heavy atom. The van der Waals surface area contributed by atoms with E-state index in [-0.39, 0.29) is 11.4 Å². The molecular formula is C17H15FN4O2. The predicted molar refractivity (Wildman–Crippen MR) is 88.2 cm³/mol. The summed E-state index contributed by atoms with van der Waals surface area (Å²) < 4.78 is 15.2. The van der Waals surface area contributed by atoms with Gasteiger partial charge in [-0.25, -0.2) is 9.37 Å². The molecule has 1 atom stereocenters. The van der Waals surface area contributed by atoms with Crippen molar-refractivity contribution in [1.82, 2.24) is 9.55 Å². The molecule has 0 radical (unpaired) electrons. The maximum Gasteiger partial charge on any atom is 0.295 e. The Bertz CT molecular complexity index is 864. The number of anilines is 1. The number of benzene rings is 2. The lowest BCUT2D eigenvalue weighted by Gasteiger charge is -2.20. The SMILES string of the molecule is Cn1ccnc1[C@@H](Nc1ccc(F)cc1[N+](=O)[O-])c1ccccc1. The lowest BCUT2D eigenvalue weighted by atomic mass is 10.1. The number of aryl methyl sites for hydroxylation is 1. The average molecular weight is 326 g/mol. The molecule has 0 unspecified atom stereocenters. The van der Waals surface area contributed by atoms with Crippen molar-refractivity contribution in [2.75, 3.05) is 5.32 Å². The first kappa shape index (κ1) is 15.7. The van der Waals surface area contributed by atoms with Crippen LogP contribution in [0.3, 0.4) is 0 Å². The van der Waals surface area contributed by atoms with Crippen LogP contribution >= 0.6 is 0 Å². The molecule has 3 rings (SSSR count). The number of hydrogen-bond donors (Lipinski definition) is 1. The molecule has 0 amide bonds. The number of hydrogen-bond acceptors (Lipinski definition) is 4. The van der Waals surface area contributed by atoms with E-state index in [2.05, 4.69) is 10.3 Å². The molecule has 122 valence electrons. The highest BCUT2D eigenvalue weighted by atomic mass is 19.1. The third-order valence-electron chi connectivity index (χ3n) is 3.71. The minimum Gasteiger partial charge on any atom is -0.366 e. The summed E-state index contributed by atoms with van der Waals surface area (Å²) >= 11 is 0. The van der Waals surface area contributed by atoms with Crippen molar-refractivity contribution in [2.45, 2.75) is 6.04 Å². The van der Waals surface area contributed by atoms with Crippen LogP contribution in [-0.4, -0.2) is 14.5 Å². The molecule has 0 spiro atoms. The quantitative estimate of drug-likeness (QED) is 0.573. The van der Waals surface area contributed by atoms with Crippen LogP contribution in [0.25, 0.3) is 0 Å². The first-order chi connectivity index (χ1) is 11.6. The molecule has 0 fully saturated rings. The number of nitrogens with one attached hydrogen (secondary N) is 1. The van der Waals surface area contributed by atoms with Gasteiger partial charge in [0.2, 0.25) is 0 Å². The third kappa shape index (κ3) is 3.10. The van der Waals surface area contributed by atoms with Gasteiger partial charge in [-0.3, -0.25) is 10.1 Å². The maximum absolute atomic E-state index is 13.4. The molecule has 1 heterocycles. The van der Waals surface area contributed by atoms with E-state index in [1.807, 2.05) is 41.9 Å². The fourth-order valence-electron chi connectivity index (χ4n) is 2.53. The van der Waals surface area contributed by atoms with Gasteiger partial charge in [-0.15, -0.1) is 0 Å². The number of nitrogens with zero attached hydrogens (tertiary/aromatic N) is 3. The van der Waals surface area contributed by atoms with Gasteiger partial charge in [0.25, 0.3) is 5.69 Å². The summed E-state index contributed by atoms with van der Waals surface area (Å²) in [5, 5.41) is 14.3. The lowest BCUT2D eigenvalue weighted by molar-refractivity contribution is -0.384. The molecule has 0 aliphatic heterocycles. The van der Waals surface area contributed by atoms with Crippen LogP contribution < -0.4 is 5.32 Å². The molecule has 24 heavy (non-hydrogen) atoms. The summed E-state index contributed by atoms with van der Waals surface area (Å²) in [6, 6.07) is 12.5. The first-order valence-corrected chi connectivity index (χ1v) is 7.29. The molecule has 0 aliphatic carbocycles. The first-order valence-electron chi connectivity index (χ1n) is 7.29. The molecule has 6 nitrogen and oxygen atoms in total. The number of halogens is 1. The molecule has 0 aliphatic rings. The summed E-state index contributed by atoms with van der Waals surface area (Å²) in [6.07, 6.45) is 3.46. The molecule has 1 aromatic heterocycles. The molecule has 7 heteroatoms. The highest BCUT2D eigenvalue weighted by Crippen LogP contribution is 2.31. The molecule has 2 aromatic carbocycles. The van der Waals surface area contributed by atoms with E-state index in [1.165, 1.54) is 12.1 Å². The van der Waals surface area contributed by atoms with Crippen molar-refractivity contribution >= 4 is 11.4 Å². The Labute approximate surface area is 137 Å². The van der Waals surface area contributed by atoms with E-state index >= 15 is 0 Å². The van der Waals surface area contributed by atoms with Crippen molar-refractivity contribution in [2.24, 2.45) is 7.05 Å². The number of nitro groups is 1. The van der Waals surface area contributed by atoms with Crippen LogP contribution in [0.15, 0.2) is 60.9 Å². The van der Waals surface area contributed by atoms with Gasteiger partial charge in [0.05, 0.1) is 11.0 Å². The van der Waals surface area contributed by atoms with Crippen LogP contribution in [0.1, 0.15) is 17.4 Å². The Morgan fingerprint density at radius 2 is 2.00 bits per heavy atom. The normalized spacial score (nSPS) is 11.9. The van der Waals surface area contributed by atoms with Crippen LogP contribution in [-0.2, 0) is 7.05 Å². The standard InChI is InChI=1S/C17H15FN4O2/c1-21-10-9-19-17(21)16(12-5-3-2-4-6-12)20-14-8-7-13(18)11-15(14)22(23)24/h2-11,16,20H,1H3/t16-/m0/s1. The zero-order chi connectivity index (χ0) is 17.1. The summed E-state index contributed by atoms with van der Waals surface area (Å²) in [6.45, 7) is 0. The summed E-state index contributed by atoms with van der Waals surface area (Å²) in [7, 11) is 1.85. The van der Waals surface area contributed by atoms with Gasteiger partial charge in [0.15, 0.2) is 0 Å². The summed E-state index contributed by atoms with van der Waals surface area (Å²) in [5.41, 5.74) is 0.814. The van der Waals surface area contributed by atoms with Crippen LogP contribution in [0.2, 0.25) is 0 Å². The average Bonchev–Trinajstić information content (AvgIpc) is 3.00. The molecule has 1 N–H and O–H groups in total. The highest BCUT2D eigenvalue weighted by molar-refractivity contribution is 5.63. The van der Waals surface area contributed by atoms with Crippen molar-refractivity contribution in [1.29, 1.82) is 0 Å². The Kier molecular flexibility index (Phi) is 4.24. The second kappa shape index (κ2) is 6.49. The maximum atomic E-state index is 13.4. The van der Waals surface area contributed by atoms with Gasteiger partial charge < -0.3 is 9.88 Å². The Hall–Kier alpha value is -3.22. The van der Waals surface area contributed by atoms with Crippen molar-refractivity contribution in [3.05, 3.63) is 88.2 Å². The monoisotopic (exact) mass is 326 g/mol. The number of nitro benzene ring substituents is 1. The van der Waals surface area contributed by atoms with Crippen molar-refractivity contribution in [3.8, 4) is 0 Å². The highest BCUT2D eigenvalue weighted by Gasteiger charge is 2.23. The van der Waals surface area contributed by atoms with E-state index in [9.17, 15) is 14.5 Å². The van der Waals surface area contributed by atoms with E-state index in [1.54, 1.807) is 12.4 Å². The summed E-state index contributed by atoms with van der Waals surface area (Å²) in [4.78, 5) is 15.0. The fraction of sp³-hybridized carbons (Fsp3) is 0.118. The van der Waals surface area contributed by atoms with Crippen LogP contribution in [0, 0.1) is 15.9 Å². The van der Waals surface area contributed by atoms with Crippen LogP contribution in [0.4, 0.5) is 15.8 Å². The van der Waals surface area contributed by atoms with Gasteiger partial charge >= 0.3 is 0 Å². The molecule has 3 aromatic rings. The van der Waals surface area contributed by atoms with Crippen molar-refractivity contribution < 1.29 is 9.31 Å². The zero-order valence-electron chi connectivity index (χ0n) is 12.9. The second-order valence-electron chi connectivity index (χ2n) is 5.30. The number of aromatic nitrogens is 2. The second-order valence-corrected chi connectivity index (χ2v) is 5.30. The van der Waals surface area contributed by atoms with Gasteiger partial charge in [0.1, 0.15) is 23.4 Å². The predicted octanol–water partition coefficient (Wildman–Crippen LogP) is 3.67. The fourth-order valence-corrected chi connectivity index (χ4v) is 2.53. The zero-order valence-corrected chi connectivity index (χ0v) is 12.9. The van der Waals surface area contributed by atoms with Gasteiger partial charge in [-0.2, -0.15) is 0 Å². The third-order valence-corrected chi connectivity index (χ3v) is 3.71. The lowest BCUT2D eigenvalue weighted by Crippen LogP contribution is -2.17. The Morgan fingerprint density at radius 1 is 1.25 bits per heavy atom. The molecule has 0 bridgehead atoms. The Balaban J connectivity index is 2.06. The van der Waals surface area contributed by atoms with E-state index in [4.69, 9.17) is 0 Å². The number of imidazole rings is 1. The van der Waals surface area contributed by atoms with Crippen molar-refractivity contribution in [3.63, 3.8) is 0 Å². The topological polar surface area (TPSA) is 73.0 Å². The smallest absolute Gasteiger partial charge is 0.295 e. The van der Waals surface area contributed by atoms with Crippen LogP contribution in [0.5, 0.6) is 0 Å². The van der Waals surface area contributed by atoms with E-state index in [0.29, 0.717) is 5.82 Å².